The Morgan fingerprint density at radius 2 is 2.09 bits per heavy atom. The van der Waals surface area contributed by atoms with E-state index in [1.807, 2.05) is 0 Å². The van der Waals surface area contributed by atoms with Crippen LogP contribution < -0.4 is 0 Å². The van der Waals surface area contributed by atoms with Crippen LogP contribution in [0.15, 0.2) is 0 Å². The van der Waals surface area contributed by atoms with Crippen LogP contribution in [0.4, 0.5) is 0 Å². The van der Waals surface area contributed by atoms with E-state index in [1.165, 1.54) is 0 Å². The SMILES string of the molecule is CCN(CCCO)C[C@H](C)O. The van der Waals surface area contributed by atoms with Crippen LogP contribution in [0.3, 0.4) is 0 Å². The molecule has 0 aromatic heterocycles. The van der Waals surface area contributed by atoms with Crippen molar-refractivity contribution in [1.29, 1.82) is 0 Å². The van der Waals surface area contributed by atoms with Crippen molar-refractivity contribution in [3.63, 3.8) is 0 Å². The van der Waals surface area contributed by atoms with Crippen LogP contribution >= 0.6 is 0 Å². The third-order valence-electron chi connectivity index (χ3n) is 1.60. The van der Waals surface area contributed by atoms with Crippen LogP contribution in [0.5, 0.6) is 0 Å². The second kappa shape index (κ2) is 6.58. The molecule has 3 heteroatoms. The Kier molecular flexibility index (Phi) is 6.51. The second-order valence-electron chi connectivity index (χ2n) is 2.82. The van der Waals surface area contributed by atoms with Crippen LogP contribution in [0.1, 0.15) is 20.3 Å². The third kappa shape index (κ3) is 6.28. The van der Waals surface area contributed by atoms with Gasteiger partial charge >= 0.3 is 0 Å². The molecule has 68 valence electrons. The Hall–Kier alpha value is -0.120. The lowest BCUT2D eigenvalue weighted by Crippen LogP contribution is -2.32. The predicted octanol–water partition coefficient (Wildman–Crippen LogP) is 0.0715. The number of nitrogens with zero attached hydrogens (tertiary/aromatic N) is 1. The molecule has 0 aromatic rings. The van der Waals surface area contributed by atoms with Gasteiger partial charge in [0.05, 0.1) is 6.10 Å². The van der Waals surface area contributed by atoms with E-state index in [-0.39, 0.29) is 12.7 Å². The quantitative estimate of drug-likeness (QED) is 0.579. The van der Waals surface area contributed by atoms with E-state index < -0.39 is 0 Å². The zero-order chi connectivity index (χ0) is 8.69. The van der Waals surface area contributed by atoms with Gasteiger partial charge in [0.1, 0.15) is 0 Å². The summed E-state index contributed by atoms with van der Waals surface area (Å²) in [6.45, 7) is 6.58. The van der Waals surface area contributed by atoms with E-state index in [0.29, 0.717) is 6.54 Å². The minimum absolute atomic E-state index is 0.232. The molecule has 1 atom stereocenters. The van der Waals surface area contributed by atoms with Crippen LogP contribution in [-0.2, 0) is 0 Å². The fraction of sp³-hybridized carbons (Fsp3) is 1.00. The monoisotopic (exact) mass is 161 g/mol. The van der Waals surface area contributed by atoms with E-state index >= 15 is 0 Å². The van der Waals surface area contributed by atoms with Crippen molar-refractivity contribution in [3.05, 3.63) is 0 Å². The molecule has 0 spiro atoms. The van der Waals surface area contributed by atoms with Crippen molar-refractivity contribution >= 4 is 0 Å². The van der Waals surface area contributed by atoms with Crippen molar-refractivity contribution in [3.8, 4) is 0 Å². The molecule has 0 aliphatic heterocycles. The summed E-state index contributed by atoms with van der Waals surface area (Å²) >= 11 is 0. The average molecular weight is 161 g/mol. The molecule has 3 nitrogen and oxygen atoms in total. The molecule has 0 aromatic carbocycles. The number of aliphatic hydroxyl groups excluding tert-OH is 2. The van der Waals surface area contributed by atoms with Crippen molar-refractivity contribution in [2.45, 2.75) is 26.4 Å². The molecule has 0 aliphatic carbocycles. The van der Waals surface area contributed by atoms with Crippen LogP contribution in [-0.4, -0.2) is 47.5 Å². The van der Waals surface area contributed by atoms with Gasteiger partial charge in [-0.25, -0.2) is 0 Å². The molecule has 0 aliphatic rings. The lowest BCUT2D eigenvalue weighted by molar-refractivity contribution is 0.124. The van der Waals surface area contributed by atoms with E-state index in [0.717, 1.165) is 19.5 Å². The molecule has 0 rings (SSSR count). The van der Waals surface area contributed by atoms with E-state index in [1.54, 1.807) is 6.92 Å². The summed E-state index contributed by atoms with van der Waals surface area (Å²) in [6, 6.07) is 0. The van der Waals surface area contributed by atoms with Gasteiger partial charge in [-0.05, 0) is 19.9 Å². The summed E-state index contributed by atoms with van der Waals surface area (Å²) in [5.41, 5.74) is 0. The summed E-state index contributed by atoms with van der Waals surface area (Å²) in [7, 11) is 0. The zero-order valence-corrected chi connectivity index (χ0v) is 7.45. The zero-order valence-electron chi connectivity index (χ0n) is 7.45. The lowest BCUT2D eigenvalue weighted by Gasteiger charge is -2.20. The highest BCUT2D eigenvalue weighted by molar-refractivity contribution is 4.58. The van der Waals surface area contributed by atoms with Gasteiger partial charge in [-0.1, -0.05) is 6.92 Å². The molecule has 0 saturated carbocycles. The Morgan fingerprint density at radius 3 is 2.45 bits per heavy atom. The molecule has 0 radical (unpaired) electrons. The third-order valence-corrected chi connectivity index (χ3v) is 1.60. The van der Waals surface area contributed by atoms with Crippen molar-refractivity contribution in [2.75, 3.05) is 26.2 Å². The van der Waals surface area contributed by atoms with E-state index in [2.05, 4.69) is 11.8 Å². The normalized spacial score (nSPS) is 13.9. The number of hydrogen-bond acceptors (Lipinski definition) is 3. The topological polar surface area (TPSA) is 43.7 Å². The molecule has 0 bridgehead atoms. The molecule has 2 N–H and O–H groups in total. The van der Waals surface area contributed by atoms with Gasteiger partial charge in [0.25, 0.3) is 0 Å². The van der Waals surface area contributed by atoms with Gasteiger partial charge in [-0.3, -0.25) is 0 Å². The van der Waals surface area contributed by atoms with Gasteiger partial charge in [0, 0.05) is 19.7 Å². The van der Waals surface area contributed by atoms with Crippen LogP contribution in [0.2, 0.25) is 0 Å². The fourth-order valence-electron chi connectivity index (χ4n) is 1.05. The van der Waals surface area contributed by atoms with Crippen molar-refractivity contribution in [1.82, 2.24) is 4.90 Å². The van der Waals surface area contributed by atoms with Crippen LogP contribution in [0, 0.1) is 0 Å². The van der Waals surface area contributed by atoms with Gasteiger partial charge in [-0.15, -0.1) is 0 Å². The highest BCUT2D eigenvalue weighted by Crippen LogP contribution is 1.93. The molecule has 11 heavy (non-hydrogen) atoms. The van der Waals surface area contributed by atoms with Crippen molar-refractivity contribution < 1.29 is 10.2 Å². The van der Waals surface area contributed by atoms with Crippen molar-refractivity contribution in [2.24, 2.45) is 0 Å². The van der Waals surface area contributed by atoms with Gasteiger partial charge < -0.3 is 15.1 Å². The summed E-state index contributed by atoms with van der Waals surface area (Å²) in [6.07, 6.45) is 0.522. The lowest BCUT2D eigenvalue weighted by atomic mass is 10.3. The highest BCUT2D eigenvalue weighted by Gasteiger charge is 2.04. The highest BCUT2D eigenvalue weighted by atomic mass is 16.3. The molecule has 0 saturated heterocycles. The largest absolute Gasteiger partial charge is 0.396 e. The Balaban J connectivity index is 3.41. The smallest absolute Gasteiger partial charge is 0.0639 e. The predicted molar refractivity (Wildman–Crippen MR) is 45.5 cm³/mol. The second-order valence-corrected chi connectivity index (χ2v) is 2.82. The molecule has 0 heterocycles. The number of hydrogen-bond donors (Lipinski definition) is 2. The summed E-state index contributed by atoms with van der Waals surface area (Å²) in [4.78, 5) is 2.13. The van der Waals surface area contributed by atoms with Gasteiger partial charge in [-0.2, -0.15) is 0 Å². The molecular weight excluding hydrogens is 142 g/mol. The molecular formula is C8H19NO2. The first kappa shape index (κ1) is 10.9. The molecule has 0 unspecified atom stereocenters. The standard InChI is InChI=1S/C8H19NO2/c1-3-9(5-4-6-10)7-8(2)11/h8,10-11H,3-7H2,1-2H3/t8-/m0/s1. The summed E-state index contributed by atoms with van der Waals surface area (Å²) < 4.78 is 0. The number of likely N-dealkylation sites (N-methyl/N-ethyl adjacent to an activating group) is 1. The first-order valence-corrected chi connectivity index (χ1v) is 4.22. The summed E-state index contributed by atoms with van der Waals surface area (Å²) in [5, 5.41) is 17.6. The first-order valence-electron chi connectivity index (χ1n) is 4.22. The fourth-order valence-corrected chi connectivity index (χ4v) is 1.05. The molecule has 0 fully saturated rings. The van der Waals surface area contributed by atoms with Gasteiger partial charge in [0.15, 0.2) is 0 Å². The number of aliphatic hydroxyl groups is 2. The first-order chi connectivity index (χ1) is 5.20. The Bertz CT molecular complexity index is 86.2. The maximum Gasteiger partial charge on any atom is 0.0639 e. The maximum atomic E-state index is 9.05. The maximum absolute atomic E-state index is 9.05. The average Bonchev–Trinajstić information content (AvgIpc) is 1.97. The van der Waals surface area contributed by atoms with E-state index in [4.69, 9.17) is 10.2 Å². The number of rotatable bonds is 6. The molecule has 0 amide bonds. The Morgan fingerprint density at radius 1 is 1.45 bits per heavy atom. The van der Waals surface area contributed by atoms with E-state index in [9.17, 15) is 0 Å². The minimum atomic E-state index is -0.270. The Labute approximate surface area is 68.6 Å². The van der Waals surface area contributed by atoms with Gasteiger partial charge in [0.2, 0.25) is 0 Å². The summed E-state index contributed by atoms with van der Waals surface area (Å²) in [5.74, 6) is 0. The van der Waals surface area contributed by atoms with Crippen LogP contribution in [0.25, 0.3) is 0 Å². The minimum Gasteiger partial charge on any atom is -0.396 e.